The molecule has 1 atom stereocenters. The molecule has 2 rings (SSSR count). The first-order valence-corrected chi connectivity index (χ1v) is 8.63. The zero-order chi connectivity index (χ0) is 16.3. The van der Waals surface area contributed by atoms with E-state index in [1.807, 2.05) is 0 Å². The van der Waals surface area contributed by atoms with Gasteiger partial charge in [-0.3, -0.25) is 0 Å². The van der Waals surface area contributed by atoms with Gasteiger partial charge in [0.2, 0.25) is 5.88 Å². The number of hydrogen-bond donors (Lipinski definition) is 1. The van der Waals surface area contributed by atoms with Crippen molar-refractivity contribution in [3.63, 3.8) is 0 Å². The van der Waals surface area contributed by atoms with Crippen molar-refractivity contribution >= 4 is 21.6 Å². The lowest BCUT2D eigenvalue weighted by Gasteiger charge is -2.31. The van der Waals surface area contributed by atoms with E-state index in [1.54, 1.807) is 13.0 Å². The molecule has 0 aliphatic heterocycles. The molecule has 1 aromatic heterocycles. The summed E-state index contributed by atoms with van der Waals surface area (Å²) in [6, 6.07) is 1.73. The van der Waals surface area contributed by atoms with Crippen molar-refractivity contribution in [2.24, 2.45) is 11.8 Å². The number of hydrogen-bond acceptors (Lipinski definition) is 4. The summed E-state index contributed by atoms with van der Waals surface area (Å²) in [4.78, 5) is 9.18. The highest BCUT2D eigenvalue weighted by molar-refractivity contribution is 9.10. The average molecular weight is 373 g/mol. The van der Waals surface area contributed by atoms with Gasteiger partial charge in [0.1, 0.15) is 11.8 Å². The van der Waals surface area contributed by atoms with Crippen LogP contribution in [-0.4, -0.2) is 18.2 Å². The molecule has 124 valence electrons. The van der Waals surface area contributed by atoms with Crippen molar-refractivity contribution < 1.29 is 14.8 Å². The molecule has 1 N–H and O–H groups in total. The number of halogens is 1. The standard InChI is InChI=1S/C16H25BrN2O3/c1-10(2)12-5-7-13(8-6-12)22-16-14(17)9-15(11(3)18-16)19(20)21-4/h9-10,12-13,19H,5-8H2,1-4H3. The molecule has 0 amide bonds. The number of ether oxygens (including phenoxy) is 1. The molecule has 0 bridgehead atoms. The van der Waals surface area contributed by atoms with E-state index < -0.39 is 0 Å². The van der Waals surface area contributed by atoms with Crippen molar-refractivity contribution in [2.45, 2.75) is 52.6 Å². The van der Waals surface area contributed by atoms with E-state index in [1.165, 1.54) is 20.0 Å². The lowest BCUT2D eigenvalue weighted by molar-refractivity contribution is -0.992. The Balaban J connectivity index is 2.03. The van der Waals surface area contributed by atoms with Crippen LogP contribution in [0.25, 0.3) is 0 Å². The molecule has 1 aliphatic carbocycles. The highest BCUT2D eigenvalue weighted by atomic mass is 79.9. The van der Waals surface area contributed by atoms with Gasteiger partial charge in [-0.05, 0) is 60.4 Å². The van der Waals surface area contributed by atoms with Crippen LogP contribution in [0.2, 0.25) is 0 Å². The van der Waals surface area contributed by atoms with Crippen molar-refractivity contribution in [1.29, 1.82) is 0 Å². The number of pyridine rings is 1. The lowest BCUT2D eigenvalue weighted by atomic mass is 9.80. The Morgan fingerprint density at radius 2 is 1.95 bits per heavy atom. The van der Waals surface area contributed by atoms with Crippen molar-refractivity contribution in [3.8, 4) is 5.88 Å². The number of aryl methyl sites for hydroxylation is 1. The van der Waals surface area contributed by atoms with Gasteiger partial charge in [0.05, 0.1) is 11.6 Å². The summed E-state index contributed by atoms with van der Waals surface area (Å²) in [5, 5.41) is 11.3. The zero-order valence-electron chi connectivity index (χ0n) is 13.7. The van der Waals surface area contributed by atoms with Gasteiger partial charge in [-0.1, -0.05) is 13.8 Å². The molecule has 6 heteroatoms. The van der Waals surface area contributed by atoms with Gasteiger partial charge >= 0.3 is 0 Å². The normalized spacial score (nSPS) is 23.6. The molecule has 0 aromatic carbocycles. The highest BCUT2D eigenvalue weighted by Crippen LogP contribution is 2.34. The van der Waals surface area contributed by atoms with Crippen LogP contribution >= 0.6 is 15.9 Å². The van der Waals surface area contributed by atoms with Crippen molar-refractivity contribution in [2.75, 3.05) is 7.11 Å². The molecule has 1 heterocycles. The summed E-state index contributed by atoms with van der Waals surface area (Å²) >= 11 is 3.45. The van der Waals surface area contributed by atoms with Crippen LogP contribution in [0.5, 0.6) is 5.88 Å². The molecule has 0 spiro atoms. The van der Waals surface area contributed by atoms with Gasteiger partial charge < -0.3 is 9.94 Å². The predicted molar refractivity (Wildman–Crippen MR) is 88.9 cm³/mol. The Hall–Kier alpha value is -0.690. The maximum absolute atomic E-state index is 11.7. The van der Waals surface area contributed by atoms with E-state index in [4.69, 9.17) is 9.57 Å². The van der Waals surface area contributed by atoms with Gasteiger partial charge in [0.25, 0.3) is 0 Å². The minimum Gasteiger partial charge on any atom is -0.595 e. The minimum atomic E-state index is -0.380. The molecule has 1 aliphatic rings. The molecule has 0 radical (unpaired) electrons. The first-order chi connectivity index (χ1) is 10.4. The van der Waals surface area contributed by atoms with Gasteiger partial charge in [-0.2, -0.15) is 5.23 Å². The monoisotopic (exact) mass is 372 g/mol. The van der Waals surface area contributed by atoms with Crippen LogP contribution < -0.4 is 9.96 Å². The first kappa shape index (κ1) is 17.7. The molecule has 22 heavy (non-hydrogen) atoms. The number of quaternary nitrogens is 1. The van der Waals surface area contributed by atoms with Crippen LogP contribution in [-0.2, 0) is 4.84 Å². The molecule has 5 nitrogen and oxygen atoms in total. The Kier molecular flexibility index (Phi) is 6.20. The molecular weight excluding hydrogens is 348 g/mol. The average Bonchev–Trinajstić information content (AvgIpc) is 2.50. The SMILES string of the molecule is CO[NH+]([O-])c1cc(Br)c(OC2CCC(C(C)C)CC2)nc1C. The van der Waals surface area contributed by atoms with Crippen LogP contribution in [0.3, 0.4) is 0 Å². The van der Waals surface area contributed by atoms with Crippen molar-refractivity contribution in [1.82, 2.24) is 4.98 Å². The Bertz CT molecular complexity index is 502. The first-order valence-electron chi connectivity index (χ1n) is 7.84. The fourth-order valence-electron chi connectivity index (χ4n) is 2.99. The van der Waals surface area contributed by atoms with E-state index in [0.717, 1.165) is 24.7 Å². The minimum absolute atomic E-state index is 0.210. The molecule has 1 unspecified atom stereocenters. The third kappa shape index (κ3) is 4.19. The Labute approximate surface area is 140 Å². The largest absolute Gasteiger partial charge is 0.595 e. The smallest absolute Gasteiger partial charge is 0.228 e. The van der Waals surface area contributed by atoms with E-state index in [2.05, 4.69) is 34.8 Å². The van der Waals surface area contributed by atoms with Crippen LogP contribution in [0, 0.1) is 24.0 Å². The van der Waals surface area contributed by atoms with Crippen LogP contribution in [0.1, 0.15) is 45.2 Å². The van der Waals surface area contributed by atoms with E-state index in [9.17, 15) is 5.21 Å². The Morgan fingerprint density at radius 1 is 1.32 bits per heavy atom. The second-order valence-electron chi connectivity index (χ2n) is 6.30. The van der Waals surface area contributed by atoms with E-state index >= 15 is 0 Å². The zero-order valence-corrected chi connectivity index (χ0v) is 15.3. The van der Waals surface area contributed by atoms with Gasteiger partial charge in [-0.15, -0.1) is 0 Å². The maximum Gasteiger partial charge on any atom is 0.228 e. The summed E-state index contributed by atoms with van der Waals surface area (Å²) in [6.07, 6.45) is 4.75. The van der Waals surface area contributed by atoms with Crippen molar-refractivity contribution in [3.05, 3.63) is 21.4 Å². The summed E-state index contributed by atoms with van der Waals surface area (Å²) in [5.74, 6) is 2.12. The quantitative estimate of drug-likeness (QED) is 0.805. The summed E-state index contributed by atoms with van der Waals surface area (Å²) in [7, 11) is 1.37. The van der Waals surface area contributed by atoms with E-state index in [0.29, 0.717) is 21.7 Å². The summed E-state index contributed by atoms with van der Waals surface area (Å²) < 4.78 is 6.75. The molecule has 0 saturated heterocycles. The highest BCUT2D eigenvalue weighted by Gasteiger charge is 2.25. The van der Waals surface area contributed by atoms with Gasteiger partial charge in [0.15, 0.2) is 5.69 Å². The number of aromatic nitrogens is 1. The topological polar surface area (TPSA) is 58.9 Å². The molecule has 1 aromatic rings. The fourth-order valence-corrected chi connectivity index (χ4v) is 3.40. The molecular formula is C16H25BrN2O3. The maximum atomic E-state index is 11.7. The van der Waals surface area contributed by atoms with Crippen LogP contribution in [0.4, 0.5) is 5.69 Å². The van der Waals surface area contributed by atoms with Gasteiger partial charge in [-0.25, -0.2) is 9.82 Å². The van der Waals surface area contributed by atoms with Crippen LogP contribution in [0.15, 0.2) is 10.5 Å². The summed E-state index contributed by atoms with van der Waals surface area (Å²) in [6.45, 7) is 6.37. The fraction of sp³-hybridized carbons (Fsp3) is 0.688. The summed E-state index contributed by atoms with van der Waals surface area (Å²) in [5.41, 5.74) is 1.09. The number of nitrogens with zero attached hydrogens (tertiary/aromatic N) is 1. The molecule has 1 fully saturated rings. The van der Waals surface area contributed by atoms with Gasteiger partial charge in [0, 0.05) is 6.07 Å². The second-order valence-corrected chi connectivity index (χ2v) is 7.15. The molecule has 1 saturated carbocycles. The third-order valence-corrected chi connectivity index (χ3v) is 5.05. The predicted octanol–water partition coefficient (Wildman–Crippen LogP) is 3.32. The second kappa shape index (κ2) is 7.73. The number of rotatable bonds is 5. The Morgan fingerprint density at radius 3 is 2.50 bits per heavy atom. The third-order valence-electron chi connectivity index (χ3n) is 4.48. The lowest BCUT2D eigenvalue weighted by Crippen LogP contribution is -3.00. The number of nitrogens with one attached hydrogen (secondary N) is 1. The van der Waals surface area contributed by atoms with E-state index in [-0.39, 0.29) is 11.3 Å².